The number of ether oxygens (including phenoxy) is 1. The van der Waals surface area contributed by atoms with E-state index in [4.69, 9.17) is 9.84 Å². The van der Waals surface area contributed by atoms with Gasteiger partial charge in [0.15, 0.2) is 0 Å². The van der Waals surface area contributed by atoms with Crippen LogP contribution in [-0.2, 0) is 16.0 Å². The Morgan fingerprint density at radius 1 is 1.16 bits per heavy atom. The van der Waals surface area contributed by atoms with Crippen LogP contribution < -0.4 is 0 Å². The Hall–Kier alpha value is -1.87. The van der Waals surface area contributed by atoms with E-state index in [-0.39, 0.29) is 19.0 Å². The minimum Gasteiger partial charge on any atom is -0.457 e. The molecule has 2 aromatic carbocycles. The molecule has 100 valence electrons. The van der Waals surface area contributed by atoms with Crippen molar-refractivity contribution in [1.82, 2.24) is 0 Å². The van der Waals surface area contributed by atoms with Gasteiger partial charge in [-0.25, -0.2) is 0 Å². The fourth-order valence-corrected chi connectivity index (χ4v) is 1.89. The van der Waals surface area contributed by atoms with Crippen LogP contribution in [0.3, 0.4) is 0 Å². The van der Waals surface area contributed by atoms with Crippen molar-refractivity contribution in [3.05, 3.63) is 48.0 Å². The number of carbonyl (C=O) groups is 1. The van der Waals surface area contributed by atoms with Crippen LogP contribution >= 0.6 is 0 Å². The second kappa shape index (κ2) is 5.41. The molecular formula is C16H18O3. The molecule has 0 aliphatic carbocycles. The van der Waals surface area contributed by atoms with Crippen molar-refractivity contribution >= 4 is 16.7 Å². The maximum Gasteiger partial charge on any atom is 0.310 e. The first kappa shape index (κ1) is 13.6. The standard InChI is InChI=1S/C16H18O3/c1-16(2,11-17)19-15(18)10-12-7-8-13-5-3-4-6-14(13)9-12/h3-9,17H,10-11H2,1-2H3. The summed E-state index contributed by atoms with van der Waals surface area (Å²) in [6, 6.07) is 13.9. The summed E-state index contributed by atoms with van der Waals surface area (Å²) >= 11 is 0. The van der Waals surface area contributed by atoms with Gasteiger partial charge >= 0.3 is 5.97 Å². The smallest absolute Gasteiger partial charge is 0.310 e. The fourth-order valence-electron chi connectivity index (χ4n) is 1.89. The molecule has 19 heavy (non-hydrogen) atoms. The van der Waals surface area contributed by atoms with Gasteiger partial charge in [0.2, 0.25) is 0 Å². The number of fused-ring (bicyclic) bond motifs is 1. The lowest BCUT2D eigenvalue weighted by molar-refractivity contribution is -0.159. The van der Waals surface area contributed by atoms with Crippen LogP contribution in [0.2, 0.25) is 0 Å². The predicted molar refractivity (Wildman–Crippen MR) is 74.9 cm³/mol. The van der Waals surface area contributed by atoms with E-state index < -0.39 is 5.60 Å². The zero-order valence-electron chi connectivity index (χ0n) is 11.2. The van der Waals surface area contributed by atoms with E-state index in [0.717, 1.165) is 16.3 Å². The van der Waals surface area contributed by atoms with Gasteiger partial charge in [0.25, 0.3) is 0 Å². The molecule has 3 heteroatoms. The third-order valence-corrected chi connectivity index (χ3v) is 2.93. The molecule has 0 bridgehead atoms. The van der Waals surface area contributed by atoms with Gasteiger partial charge in [-0.3, -0.25) is 4.79 Å². The molecule has 1 N–H and O–H groups in total. The van der Waals surface area contributed by atoms with Gasteiger partial charge < -0.3 is 9.84 Å². The lowest BCUT2D eigenvalue weighted by Gasteiger charge is -2.22. The van der Waals surface area contributed by atoms with E-state index in [1.807, 2.05) is 42.5 Å². The Balaban J connectivity index is 2.11. The van der Waals surface area contributed by atoms with Crippen LogP contribution in [0.5, 0.6) is 0 Å². The highest BCUT2D eigenvalue weighted by atomic mass is 16.6. The maximum atomic E-state index is 11.8. The van der Waals surface area contributed by atoms with E-state index in [1.54, 1.807) is 13.8 Å². The van der Waals surface area contributed by atoms with Crippen molar-refractivity contribution in [3.63, 3.8) is 0 Å². The molecular weight excluding hydrogens is 240 g/mol. The Morgan fingerprint density at radius 2 is 1.84 bits per heavy atom. The molecule has 2 rings (SSSR count). The molecule has 0 saturated heterocycles. The van der Waals surface area contributed by atoms with Crippen molar-refractivity contribution in [3.8, 4) is 0 Å². The monoisotopic (exact) mass is 258 g/mol. The van der Waals surface area contributed by atoms with Crippen LogP contribution in [0.25, 0.3) is 10.8 Å². The molecule has 0 unspecified atom stereocenters. The lowest BCUT2D eigenvalue weighted by Crippen LogP contribution is -2.32. The van der Waals surface area contributed by atoms with Gasteiger partial charge in [0, 0.05) is 0 Å². The largest absolute Gasteiger partial charge is 0.457 e. The third kappa shape index (κ3) is 3.55. The van der Waals surface area contributed by atoms with E-state index in [1.165, 1.54) is 0 Å². The molecule has 0 aromatic heterocycles. The predicted octanol–water partition coefficient (Wildman–Crippen LogP) is 2.70. The molecule has 3 nitrogen and oxygen atoms in total. The fraction of sp³-hybridized carbons (Fsp3) is 0.312. The van der Waals surface area contributed by atoms with Crippen molar-refractivity contribution < 1.29 is 14.6 Å². The minimum absolute atomic E-state index is 0.184. The van der Waals surface area contributed by atoms with Gasteiger partial charge in [-0.15, -0.1) is 0 Å². The molecule has 0 saturated carbocycles. The second-order valence-electron chi connectivity index (χ2n) is 5.25. The minimum atomic E-state index is -0.825. The first-order chi connectivity index (χ1) is 9.00. The highest BCUT2D eigenvalue weighted by molar-refractivity contribution is 5.84. The summed E-state index contributed by atoms with van der Waals surface area (Å²) in [6.07, 6.45) is 0.217. The van der Waals surface area contributed by atoms with Gasteiger partial charge in [0.05, 0.1) is 13.0 Å². The van der Waals surface area contributed by atoms with E-state index >= 15 is 0 Å². The second-order valence-corrected chi connectivity index (χ2v) is 5.25. The third-order valence-electron chi connectivity index (χ3n) is 2.93. The Bertz CT molecular complexity index is 587. The number of rotatable bonds is 4. The van der Waals surface area contributed by atoms with E-state index in [0.29, 0.717) is 0 Å². The van der Waals surface area contributed by atoms with Crippen molar-refractivity contribution in [2.45, 2.75) is 25.9 Å². The lowest BCUT2D eigenvalue weighted by atomic mass is 10.1. The number of aliphatic hydroxyl groups is 1. The van der Waals surface area contributed by atoms with Crippen LogP contribution in [-0.4, -0.2) is 23.3 Å². The van der Waals surface area contributed by atoms with Crippen LogP contribution in [0.15, 0.2) is 42.5 Å². The summed E-state index contributed by atoms with van der Waals surface area (Å²) < 4.78 is 5.21. The zero-order chi connectivity index (χ0) is 13.9. The molecule has 0 heterocycles. The molecule has 0 aliphatic rings. The van der Waals surface area contributed by atoms with E-state index in [2.05, 4.69) is 0 Å². The number of aliphatic hydroxyl groups excluding tert-OH is 1. The first-order valence-corrected chi connectivity index (χ1v) is 6.30. The van der Waals surface area contributed by atoms with Crippen molar-refractivity contribution in [1.29, 1.82) is 0 Å². The Morgan fingerprint density at radius 3 is 2.53 bits per heavy atom. The van der Waals surface area contributed by atoms with Crippen molar-refractivity contribution in [2.75, 3.05) is 6.61 Å². The molecule has 0 aliphatic heterocycles. The quantitative estimate of drug-likeness (QED) is 0.858. The Labute approximate surface area is 112 Å². The van der Waals surface area contributed by atoms with Gasteiger partial charge in [0.1, 0.15) is 5.60 Å². The number of benzene rings is 2. The average Bonchev–Trinajstić information content (AvgIpc) is 2.38. The molecule has 0 radical (unpaired) electrons. The zero-order valence-corrected chi connectivity index (χ0v) is 11.2. The van der Waals surface area contributed by atoms with Crippen LogP contribution in [0.4, 0.5) is 0 Å². The van der Waals surface area contributed by atoms with Gasteiger partial charge in [-0.05, 0) is 30.2 Å². The van der Waals surface area contributed by atoms with Crippen molar-refractivity contribution in [2.24, 2.45) is 0 Å². The molecule has 2 aromatic rings. The molecule has 0 amide bonds. The summed E-state index contributed by atoms with van der Waals surface area (Å²) in [5.41, 5.74) is 0.0888. The highest BCUT2D eigenvalue weighted by Gasteiger charge is 2.21. The summed E-state index contributed by atoms with van der Waals surface area (Å²) in [4.78, 5) is 11.8. The van der Waals surface area contributed by atoms with Crippen LogP contribution in [0.1, 0.15) is 19.4 Å². The van der Waals surface area contributed by atoms with E-state index in [9.17, 15) is 4.79 Å². The van der Waals surface area contributed by atoms with Crippen LogP contribution in [0, 0.1) is 0 Å². The van der Waals surface area contributed by atoms with Gasteiger partial charge in [-0.2, -0.15) is 0 Å². The summed E-state index contributed by atoms with van der Waals surface area (Å²) in [6.45, 7) is 3.19. The average molecular weight is 258 g/mol. The molecule has 0 spiro atoms. The first-order valence-electron chi connectivity index (χ1n) is 6.30. The topological polar surface area (TPSA) is 46.5 Å². The van der Waals surface area contributed by atoms with Gasteiger partial charge in [-0.1, -0.05) is 42.5 Å². The normalized spacial score (nSPS) is 11.5. The summed E-state index contributed by atoms with van der Waals surface area (Å²) in [5, 5.41) is 11.3. The highest BCUT2D eigenvalue weighted by Crippen LogP contribution is 2.17. The number of esters is 1. The number of carbonyl (C=O) groups excluding carboxylic acids is 1. The SMILES string of the molecule is CC(C)(CO)OC(=O)Cc1ccc2ccccc2c1. The summed E-state index contributed by atoms with van der Waals surface area (Å²) in [7, 11) is 0. The number of hydrogen-bond donors (Lipinski definition) is 1. The number of hydrogen-bond acceptors (Lipinski definition) is 3. The summed E-state index contributed by atoms with van der Waals surface area (Å²) in [5.74, 6) is -0.325. The maximum absolute atomic E-state index is 11.8. The molecule has 0 atom stereocenters. The molecule has 0 fully saturated rings. The Kier molecular flexibility index (Phi) is 3.86.